The molecule has 0 atom stereocenters. The Balaban J connectivity index is 1.76. The van der Waals surface area contributed by atoms with Crippen molar-refractivity contribution in [3.05, 3.63) is 29.3 Å². The summed E-state index contributed by atoms with van der Waals surface area (Å²) in [4.78, 5) is 27.8. The molecule has 1 aromatic carbocycles. The molecule has 1 aromatic rings. The van der Waals surface area contributed by atoms with Crippen LogP contribution >= 0.6 is 0 Å². The molecule has 0 unspecified atom stereocenters. The van der Waals surface area contributed by atoms with Gasteiger partial charge in [0.2, 0.25) is 11.8 Å². The molecule has 0 saturated carbocycles. The molecule has 0 N–H and O–H groups in total. The van der Waals surface area contributed by atoms with Gasteiger partial charge < -0.3 is 14.5 Å². The monoisotopic (exact) mass is 332 g/mol. The number of piperidine rings is 1. The van der Waals surface area contributed by atoms with Gasteiger partial charge in [-0.25, -0.2) is 0 Å². The fraction of sp³-hybridized carbons (Fsp3) is 0.579. The van der Waals surface area contributed by atoms with Crippen LogP contribution in [-0.2, 0) is 9.59 Å². The first-order valence-electron chi connectivity index (χ1n) is 8.58. The molecule has 1 aliphatic heterocycles. The van der Waals surface area contributed by atoms with Gasteiger partial charge >= 0.3 is 0 Å². The van der Waals surface area contributed by atoms with Crippen LogP contribution in [0, 0.1) is 19.8 Å². The highest BCUT2D eigenvalue weighted by Gasteiger charge is 2.27. The van der Waals surface area contributed by atoms with Gasteiger partial charge in [0.1, 0.15) is 5.75 Å². The zero-order valence-electron chi connectivity index (χ0n) is 15.2. The number of nitrogens with zero attached hydrogens (tertiary/aromatic N) is 2. The van der Waals surface area contributed by atoms with Crippen LogP contribution in [-0.4, -0.2) is 55.4 Å². The van der Waals surface area contributed by atoms with Gasteiger partial charge in [-0.2, -0.15) is 0 Å². The van der Waals surface area contributed by atoms with E-state index in [2.05, 4.69) is 0 Å². The van der Waals surface area contributed by atoms with Crippen LogP contribution in [0.4, 0.5) is 0 Å². The lowest BCUT2D eigenvalue weighted by molar-refractivity contribution is -0.139. The van der Waals surface area contributed by atoms with E-state index in [-0.39, 0.29) is 17.7 Å². The molecule has 5 nitrogen and oxygen atoms in total. The minimum atomic E-state index is 0.0512. The van der Waals surface area contributed by atoms with E-state index in [1.54, 1.807) is 19.0 Å². The molecule has 0 spiro atoms. The second-order valence-corrected chi connectivity index (χ2v) is 6.68. The van der Waals surface area contributed by atoms with Crippen molar-refractivity contribution in [2.75, 3.05) is 33.8 Å². The van der Waals surface area contributed by atoms with Crippen molar-refractivity contribution in [2.45, 2.75) is 33.1 Å². The third-order valence-electron chi connectivity index (χ3n) is 4.77. The molecule has 0 radical (unpaired) electrons. The number of hydrogen-bond donors (Lipinski definition) is 0. The first-order valence-corrected chi connectivity index (χ1v) is 8.58. The molecule has 2 rings (SSSR count). The number of hydrogen-bond acceptors (Lipinski definition) is 3. The summed E-state index contributed by atoms with van der Waals surface area (Å²) in [5, 5.41) is 0. The molecule has 0 aromatic heterocycles. The Hall–Kier alpha value is -2.04. The van der Waals surface area contributed by atoms with Gasteiger partial charge in [0.25, 0.3) is 0 Å². The highest BCUT2D eigenvalue weighted by molar-refractivity contribution is 5.79. The van der Waals surface area contributed by atoms with Crippen molar-refractivity contribution in [3.63, 3.8) is 0 Å². The summed E-state index contributed by atoms with van der Waals surface area (Å²) >= 11 is 0. The van der Waals surface area contributed by atoms with Crippen molar-refractivity contribution in [3.8, 4) is 5.75 Å². The summed E-state index contributed by atoms with van der Waals surface area (Å²) in [7, 11) is 3.56. The van der Waals surface area contributed by atoms with E-state index in [4.69, 9.17) is 4.74 Å². The smallest absolute Gasteiger partial charge is 0.225 e. The number of benzene rings is 1. The van der Waals surface area contributed by atoms with Gasteiger partial charge in [0.05, 0.1) is 13.0 Å². The predicted molar refractivity (Wildman–Crippen MR) is 94.0 cm³/mol. The Morgan fingerprint density at radius 1 is 1.21 bits per heavy atom. The highest BCUT2D eigenvalue weighted by atomic mass is 16.5. The number of carbonyl (C=O) groups excluding carboxylic acids is 2. The summed E-state index contributed by atoms with van der Waals surface area (Å²) in [5.41, 5.74) is 2.31. The maximum Gasteiger partial charge on any atom is 0.225 e. The van der Waals surface area contributed by atoms with E-state index in [0.717, 1.165) is 24.2 Å². The predicted octanol–water partition coefficient (Wildman–Crippen LogP) is 2.40. The Labute approximate surface area is 144 Å². The molecule has 5 heteroatoms. The van der Waals surface area contributed by atoms with Crippen LogP contribution in [0.5, 0.6) is 5.75 Å². The molecular formula is C19H28N2O3. The summed E-state index contributed by atoms with van der Waals surface area (Å²) in [5.74, 6) is 1.17. The summed E-state index contributed by atoms with van der Waals surface area (Å²) < 4.78 is 5.76. The zero-order chi connectivity index (χ0) is 17.7. The van der Waals surface area contributed by atoms with E-state index in [1.165, 1.54) is 5.56 Å². The Bertz CT molecular complexity index is 590. The van der Waals surface area contributed by atoms with Crippen LogP contribution in [0.1, 0.15) is 30.4 Å². The Kier molecular flexibility index (Phi) is 6.23. The number of aryl methyl sites for hydroxylation is 1. The number of amides is 2. The number of carbonyl (C=O) groups is 2. The fourth-order valence-corrected chi connectivity index (χ4v) is 3.03. The van der Waals surface area contributed by atoms with E-state index < -0.39 is 0 Å². The molecule has 0 aliphatic carbocycles. The molecule has 1 saturated heterocycles. The van der Waals surface area contributed by atoms with Crippen molar-refractivity contribution < 1.29 is 14.3 Å². The van der Waals surface area contributed by atoms with Crippen LogP contribution in [0.2, 0.25) is 0 Å². The van der Waals surface area contributed by atoms with Crippen LogP contribution in [0.15, 0.2) is 18.2 Å². The largest absolute Gasteiger partial charge is 0.493 e. The average Bonchev–Trinajstić information content (AvgIpc) is 2.58. The maximum atomic E-state index is 12.3. The van der Waals surface area contributed by atoms with E-state index in [0.29, 0.717) is 26.1 Å². The standard InChI is InChI=1S/C19H28N2O3/c1-14-6-5-7-17(15(14)2)24-13-10-18(22)21-11-8-16(9-12-21)19(23)20(3)4/h5-7,16H,8-13H2,1-4H3. The zero-order valence-corrected chi connectivity index (χ0v) is 15.2. The molecule has 132 valence electrons. The minimum absolute atomic E-state index is 0.0512. The third kappa shape index (κ3) is 4.49. The van der Waals surface area contributed by atoms with Gasteiger partial charge in [-0.15, -0.1) is 0 Å². The quantitative estimate of drug-likeness (QED) is 0.832. The molecule has 1 heterocycles. The number of likely N-dealkylation sites (tertiary alicyclic amines) is 1. The first kappa shape index (κ1) is 18.3. The van der Waals surface area contributed by atoms with Gasteiger partial charge in [-0.05, 0) is 43.9 Å². The molecule has 2 amide bonds. The maximum absolute atomic E-state index is 12.3. The van der Waals surface area contributed by atoms with E-state index in [9.17, 15) is 9.59 Å². The van der Waals surface area contributed by atoms with E-state index in [1.807, 2.05) is 36.9 Å². The third-order valence-corrected chi connectivity index (χ3v) is 4.77. The Morgan fingerprint density at radius 3 is 2.50 bits per heavy atom. The second kappa shape index (κ2) is 8.18. The highest BCUT2D eigenvalue weighted by Crippen LogP contribution is 2.22. The molecule has 24 heavy (non-hydrogen) atoms. The minimum Gasteiger partial charge on any atom is -0.493 e. The van der Waals surface area contributed by atoms with Crippen LogP contribution < -0.4 is 4.74 Å². The van der Waals surface area contributed by atoms with Crippen molar-refractivity contribution in [2.24, 2.45) is 5.92 Å². The van der Waals surface area contributed by atoms with Crippen LogP contribution in [0.25, 0.3) is 0 Å². The topological polar surface area (TPSA) is 49.9 Å². The summed E-state index contributed by atoms with van der Waals surface area (Å²) in [6.45, 7) is 5.78. The van der Waals surface area contributed by atoms with Gasteiger partial charge in [-0.1, -0.05) is 12.1 Å². The van der Waals surface area contributed by atoms with Crippen molar-refractivity contribution >= 4 is 11.8 Å². The number of rotatable bonds is 5. The first-order chi connectivity index (χ1) is 11.4. The van der Waals surface area contributed by atoms with Crippen molar-refractivity contribution in [1.82, 2.24) is 9.80 Å². The van der Waals surface area contributed by atoms with Crippen LogP contribution in [0.3, 0.4) is 0 Å². The lowest BCUT2D eigenvalue weighted by Gasteiger charge is -2.32. The lowest BCUT2D eigenvalue weighted by atomic mass is 9.95. The lowest BCUT2D eigenvalue weighted by Crippen LogP contribution is -2.43. The normalized spacial score (nSPS) is 15.2. The van der Waals surface area contributed by atoms with E-state index >= 15 is 0 Å². The summed E-state index contributed by atoms with van der Waals surface area (Å²) in [6.07, 6.45) is 1.88. The Morgan fingerprint density at radius 2 is 1.88 bits per heavy atom. The van der Waals surface area contributed by atoms with Gasteiger partial charge in [0, 0.05) is 33.1 Å². The van der Waals surface area contributed by atoms with Gasteiger partial charge in [-0.3, -0.25) is 9.59 Å². The number of ether oxygens (including phenoxy) is 1. The van der Waals surface area contributed by atoms with Gasteiger partial charge in [0.15, 0.2) is 0 Å². The average molecular weight is 332 g/mol. The SMILES string of the molecule is Cc1cccc(OCCC(=O)N2CCC(C(=O)N(C)C)CC2)c1C. The summed E-state index contributed by atoms with van der Waals surface area (Å²) in [6, 6.07) is 5.95. The second-order valence-electron chi connectivity index (χ2n) is 6.68. The fourth-order valence-electron chi connectivity index (χ4n) is 3.03. The molecule has 0 bridgehead atoms. The molecular weight excluding hydrogens is 304 g/mol. The van der Waals surface area contributed by atoms with Crippen molar-refractivity contribution in [1.29, 1.82) is 0 Å². The molecule has 1 aliphatic rings. The molecule has 1 fully saturated rings.